The zero-order valence-corrected chi connectivity index (χ0v) is 12.9. The molecule has 1 aromatic rings. The van der Waals surface area contributed by atoms with Gasteiger partial charge in [-0.1, -0.05) is 11.6 Å². The Morgan fingerprint density at radius 2 is 1.86 bits per heavy atom. The minimum atomic E-state index is -1.20. The van der Waals surface area contributed by atoms with Crippen LogP contribution in [0.25, 0.3) is 0 Å². The third-order valence-corrected chi connectivity index (χ3v) is 3.81. The second kappa shape index (κ2) is 7.90. The second-order valence-corrected chi connectivity index (χ2v) is 6.12. The number of amides is 2. The lowest BCUT2D eigenvalue weighted by molar-refractivity contribution is -0.145. The molecular formula is C13H15ClN2O4S. The Balaban J connectivity index is 2.74. The van der Waals surface area contributed by atoms with Gasteiger partial charge in [-0.3, -0.25) is 14.4 Å². The van der Waals surface area contributed by atoms with E-state index in [0.717, 1.165) is 9.80 Å². The summed E-state index contributed by atoms with van der Waals surface area (Å²) < 4.78 is 0. The van der Waals surface area contributed by atoms with E-state index in [2.05, 4.69) is 0 Å². The van der Waals surface area contributed by atoms with Crippen molar-refractivity contribution in [3.8, 4) is 0 Å². The summed E-state index contributed by atoms with van der Waals surface area (Å²) in [5.74, 6) is -2.42. The average molecular weight is 331 g/mol. The molecule has 0 aliphatic carbocycles. The molecule has 0 fully saturated rings. The van der Waals surface area contributed by atoms with Crippen LogP contribution in [0.1, 0.15) is 6.92 Å². The third kappa shape index (κ3) is 6.05. The number of hydrogen-bond donors (Lipinski definition) is 2. The largest absolute Gasteiger partial charge is 0.480 e. The number of carboxylic acid groups (broad SMARTS) is 1. The number of benzene rings is 1. The molecular weight excluding hydrogens is 316 g/mol. The van der Waals surface area contributed by atoms with E-state index in [9.17, 15) is 14.4 Å². The molecule has 3 N–H and O–H groups in total. The summed E-state index contributed by atoms with van der Waals surface area (Å²) in [6.07, 6.45) is 0. The molecule has 114 valence electrons. The highest BCUT2D eigenvalue weighted by atomic mass is 35.5. The Morgan fingerprint density at radius 1 is 1.29 bits per heavy atom. The van der Waals surface area contributed by atoms with Crippen molar-refractivity contribution < 1.29 is 19.5 Å². The molecule has 1 unspecified atom stereocenters. The van der Waals surface area contributed by atoms with E-state index < -0.39 is 36.1 Å². The van der Waals surface area contributed by atoms with Crippen LogP contribution in [0.4, 0.5) is 0 Å². The first-order valence-corrected chi connectivity index (χ1v) is 7.26. The molecule has 0 spiro atoms. The van der Waals surface area contributed by atoms with E-state index in [4.69, 9.17) is 22.4 Å². The van der Waals surface area contributed by atoms with Gasteiger partial charge >= 0.3 is 5.97 Å². The Bertz CT molecular complexity index is 519. The van der Waals surface area contributed by atoms with E-state index >= 15 is 0 Å². The van der Waals surface area contributed by atoms with Gasteiger partial charge in [0.25, 0.3) is 0 Å². The summed E-state index contributed by atoms with van der Waals surface area (Å²) in [5.41, 5.74) is 5.03. The number of nitrogens with zero attached hydrogens (tertiary/aromatic N) is 1. The standard InChI is InChI=1S/C13H15ClN2O4S/c1-8(21-10-4-2-9(14)3-5-10)13(20)16(6-11(15)17)7-12(18)19/h2-5,8H,6-7H2,1H3,(H2,15,17)(H,18,19). The number of carbonyl (C=O) groups is 3. The van der Waals surface area contributed by atoms with Crippen LogP contribution in [0, 0.1) is 0 Å². The number of nitrogens with two attached hydrogens (primary N) is 1. The number of primary amides is 1. The van der Waals surface area contributed by atoms with Crippen LogP contribution in [0.2, 0.25) is 5.02 Å². The predicted molar refractivity (Wildman–Crippen MR) is 80.2 cm³/mol. The molecule has 0 saturated heterocycles. The van der Waals surface area contributed by atoms with Crippen LogP contribution >= 0.6 is 23.4 Å². The zero-order valence-electron chi connectivity index (χ0n) is 11.3. The minimum Gasteiger partial charge on any atom is -0.480 e. The van der Waals surface area contributed by atoms with E-state index in [1.807, 2.05) is 0 Å². The predicted octanol–water partition coefficient (Wildman–Crippen LogP) is 1.22. The number of hydrogen-bond acceptors (Lipinski definition) is 4. The number of thioether (sulfide) groups is 1. The highest BCUT2D eigenvalue weighted by Crippen LogP contribution is 2.25. The van der Waals surface area contributed by atoms with Crippen molar-refractivity contribution in [3.63, 3.8) is 0 Å². The molecule has 21 heavy (non-hydrogen) atoms. The maximum atomic E-state index is 12.2. The summed E-state index contributed by atoms with van der Waals surface area (Å²) in [7, 11) is 0. The third-order valence-electron chi connectivity index (χ3n) is 2.46. The minimum absolute atomic E-state index is 0.420. The second-order valence-electron chi connectivity index (χ2n) is 4.27. The highest BCUT2D eigenvalue weighted by Gasteiger charge is 2.24. The van der Waals surface area contributed by atoms with Gasteiger partial charge in [0.1, 0.15) is 6.54 Å². The van der Waals surface area contributed by atoms with E-state index in [-0.39, 0.29) is 0 Å². The van der Waals surface area contributed by atoms with Crippen LogP contribution in [-0.2, 0) is 14.4 Å². The molecule has 0 saturated carbocycles. The maximum absolute atomic E-state index is 12.2. The lowest BCUT2D eigenvalue weighted by Gasteiger charge is -2.22. The van der Waals surface area contributed by atoms with Gasteiger partial charge in [0.15, 0.2) is 0 Å². The van der Waals surface area contributed by atoms with Crippen LogP contribution in [0.5, 0.6) is 0 Å². The van der Waals surface area contributed by atoms with Crippen molar-refractivity contribution >= 4 is 41.1 Å². The van der Waals surface area contributed by atoms with Gasteiger partial charge in [-0.05, 0) is 31.2 Å². The summed E-state index contributed by atoms with van der Waals surface area (Å²) in [4.78, 5) is 35.6. The topological polar surface area (TPSA) is 101 Å². The summed E-state index contributed by atoms with van der Waals surface area (Å²) in [6, 6.07) is 6.90. The molecule has 6 nitrogen and oxygen atoms in total. The van der Waals surface area contributed by atoms with Gasteiger partial charge in [0.05, 0.1) is 11.8 Å². The van der Waals surface area contributed by atoms with Crippen molar-refractivity contribution in [2.75, 3.05) is 13.1 Å². The molecule has 1 aromatic carbocycles. The van der Waals surface area contributed by atoms with Gasteiger partial charge < -0.3 is 15.7 Å². The molecule has 8 heteroatoms. The zero-order chi connectivity index (χ0) is 16.0. The van der Waals surface area contributed by atoms with Gasteiger partial charge in [0, 0.05) is 9.92 Å². The Hall–Kier alpha value is -1.73. The van der Waals surface area contributed by atoms with E-state index in [1.165, 1.54) is 11.8 Å². The van der Waals surface area contributed by atoms with Crippen LogP contribution in [0.3, 0.4) is 0 Å². The Morgan fingerprint density at radius 3 is 2.33 bits per heavy atom. The molecule has 0 aliphatic rings. The highest BCUT2D eigenvalue weighted by molar-refractivity contribution is 8.00. The van der Waals surface area contributed by atoms with Gasteiger partial charge in [-0.2, -0.15) is 0 Å². The molecule has 0 aliphatic heterocycles. The summed E-state index contributed by atoms with van der Waals surface area (Å²) in [5, 5.41) is 8.81. The number of carboxylic acids is 1. The van der Waals surface area contributed by atoms with Crippen molar-refractivity contribution in [2.45, 2.75) is 17.1 Å². The van der Waals surface area contributed by atoms with Crippen molar-refractivity contribution in [1.82, 2.24) is 4.90 Å². The molecule has 0 aromatic heterocycles. The van der Waals surface area contributed by atoms with E-state index in [0.29, 0.717) is 5.02 Å². The Labute approximate surface area is 131 Å². The average Bonchev–Trinajstić information content (AvgIpc) is 2.38. The van der Waals surface area contributed by atoms with Gasteiger partial charge in [-0.15, -0.1) is 11.8 Å². The lowest BCUT2D eigenvalue weighted by atomic mass is 10.3. The van der Waals surface area contributed by atoms with Crippen molar-refractivity contribution in [2.24, 2.45) is 5.73 Å². The SMILES string of the molecule is CC(Sc1ccc(Cl)cc1)C(=O)N(CC(N)=O)CC(=O)O. The number of rotatable bonds is 7. The lowest BCUT2D eigenvalue weighted by Crippen LogP contribution is -2.44. The molecule has 0 radical (unpaired) electrons. The molecule has 2 amide bonds. The molecule has 1 atom stereocenters. The normalized spacial score (nSPS) is 11.7. The number of aliphatic carboxylic acids is 1. The smallest absolute Gasteiger partial charge is 0.323 e. The fourth-order valence-corrected chi connectivity index (χ4v) is 2.67. The van der Waals surface area contributed by atoms with Crippen LogP contribution < -0.4 is 5.73 Å². The first kappa shape index (κ1) is 17.3. The number of halogens is 1. The quantitative estimate of drug-likeness (QED) is 0.732. The first-order valence-electron chi connectivity index (χ1n) is 6.00. The molecule has 0 heterocycles. The van der Waals surface area contributed by atoms with Crippen molar-refractivity contribution in [1.29, 1.82) is 0 Å². The fraction of sp³-hybridized carbons (Fsp3) is 0.308. The fourth-order valence-electron chi connectivity index (χ4n) is 1.59. The molecule has 1 rings (SSSR count). The molecule has 0 bridgehead atoms. The van der Waals surface area contributed by atoms with Crippen LogP contribution in [0.15, 0.2) is 29.2 Å². The van der Waals surface area contributed by atoms with Gasteiger partial charge in [-0.25, -0.2) is 0 Å². The van der Waals surface area contributed by atoms with Crippen LogP contribution in [-0.4, -0.2) is 46.1 Å². The van der Waals surface area contributed by atoms with Gasteiger partial charge in [0.2, 0.25) is 11.8 Å². The summed E-state index contributed by atoms with van der Waals surface area (Å²) in [6.45, 7) is 0.654. The van der Waals surface area contributed by atoms with Crippen molar-refractivity contribution in [3.05, 3.63) is 29.3 Å². The Kier molecular flexibility index (Phi) is 6.51. The summed E-state index contributed by atoms with van der Waals surface area (Å²) >= 11 is 7.02. The first-order chi connectivity index (χ1) is 9.79. The monoisotopic (exact) mass is 330 g/mol. The van der Waals surface area contributed by atoms with E-state index in [1.54, 1.807) is 31.2 Å². The maximum Gasteiger partial charge on any atom is 0.323 e. The number of carbonyl (C=O) groups excluding carboxylic acids is 2.